The minimum Gasteiger partial charge on any atom is -0.547 e. The average Bonchev–Trinajstić information content (AvgIpc) is 2.32. The zero-order chi connectivity index (χ0) is 9.35. The third-order valence-electron chi connectivity index (χ3n) is 1.78. The summed E-state index contributed by atoms with van der Waals surface area (Å²) in [6.45, 7) is 0. The van der Waals surface area contributed by atoms with Crippen molar-refractivity contribution in [2.75, 3.05) is 0 Å². The number of hydrogen-bond acceptors (Lipinski definition) is 5. The SMILES string of the molecule is O=C1CCC(C(=O)[O-])(C(=O)[O-])N1.[Na+].[Na+]. The van der Waals surface area contributed by atoms with Crippen LogP contribution in [-0.4, -0.2) is 23.4 Å². The van der Waals surface area contributed by atoms with E-state index in [0.29, 0.717) is 0 Å². The maximum atomic E-state index is 10.6. The molecule has 0 aromatic rings. The van der Waals surface area contributed by atoms with Gasteiger partial charge in [-0.25, -0.2) is 0 Å². The zero-order valence-corrected chi connectivity index (χ0v) is 12.0. The van der Waals surface area contributed by atoms with Crippen molar-refractivity contribution in [1.29, 1.82) is 0 Å². The second-order valence-electron chi connectivity index (χ2n) is 2.53. The van der Waals surface area contributed by atoms with Gasteiger partial charge in [0.15, 0.2) is 0 Å². The maximum absolute atomic E-state index is 10.6. The van der Waals surface area contributed by atoms with Crippen molar-refractivity contribution in [3.8, 4) is 0 Å². The van der Waals surface area contributed by atoms with Crippen LogP contribution in [0, 0.1) is 0 Å². The molecule has 1 fully saturated rings. The third-order valence-corrected chi connectivity index (χ3v) is 1.78. The van der Waals surface area contributed by atoms with Gasteiger partial charge in [-0.3, -0.25) is 4.79 Å². The number of nitrogens with one attached hydrogen (secondary N) is 1. The molecule has 0 bridgehead atoms. The molecule has 1 aliphatic rings. The molecule has 66 valence electrons. The monoisotopic (exact) mass is 217 g/mol. The normalized spacial score (nSPS) is 17.3. The molecule has 0 unspecified atom stereocenters. The first-order chi connectivity index (χ1) is 5.49. The first-order valence-corrected chi connectivity index (χ1v) is 3.23. The Bertz CT molecular complexity index is 253. The fourth-order valence-corrected chi connectivity index (χ4v) is 1.05. The molecule has 0 saturated carbocycles. The quantitative estimate of drug-likeness (QED) is 0.365. The van der Waals surface area contributed by atoms with Crippen LogP contribution in [-0.2, 0) is 14.4 Å². The van der Waals surface area contributed by atoms with Crippen LogP contribution in [0.5, 0.6) is 0 Å². The van der Waals surface area contributed by atoms with E-state index in [1.54, 1.807) is 5.32 Å². The number of rotatable bonds is 2. The van der Waals surface area contributed by atoms with Gasteiger partial charge in [0.2, 0.25) is 5.91 Å². The van der Waals surface area contributed by atoms with Gasteiger partial charge in [-0.05, 0) is 6.42 Å². The van der Waals surface area contributed by atoms with E-state index in [-0.39, 0.29) is 72.0 Å². The number of hydrogen-bond donors (Lipinski definition) is 1. The van der Waals surface area contributed by atoms with Gasteiger partial charge in [-0.1, -0.05) is 0 Å². The molecule has 8 heteroatoms. The number of amides is 1. The summed E-state index contributed by atoms with van der Waals surface area (Å²) in [6, 6.07) is 0. The predicted octanol–water partition coefficient (Wildman–Crippen LogP) is -9.86. The van der Waals surface area contributed by atoms with Gasteiger partial charge < -0.3 is 25.1 Å². The van der Waals surface area contributed by atoms with Crippen LogP contribution in [0.1, 0.15) is 12.8 Å². The zero-order valence-electron chi connectivity index (χ0n) is 7.96. The minimum atomic E-state index is -2.32. The van der Waals surface area contributed by atoms with Gasteiger partial charge >= 0.3 is 59.1 Å². The molecule has 0 atom stereocenters. The van der Waals surface area contributed by atoms with Crippen LogP contribution >= 0.6 is 0 Å². The summed E-state index contributed by atoms with van der Waals surface area (Å²) in [5.74, 6) is -4.30. The Morgan fingerprint density at radius 2 is 1.64 bits per heavy atom. The fraction of sp³-hybridized carbons (Fsp3) is 0.500. The van der Waals surface area contributed by atoms with Crippen molar-refractivity contribution in [2.45, 2.75) is 18.4 Å². The molecule has 0 aromatic heterocycles. The number of carbonyl (C=O) groups excluding carboxylic acids is 3. The predicted molar refractivity (Wildman–Crippen MR) is 30.1 cm³/mol. The van der Waals surface area contributed by atoms with Crippen molar-refractivity contribution < 1.29 is 83.7 Å². The van der Waals surface area contributed by atoms with E-state index in [2.05, 4.69) is 0 Å². The summed E-state index contributed by atoms with van der Waals surface area (Å²) in [6.07, 6.45) is -0.460. The van der Waals surface area contributed by atoms with E-state index in [1.807, 2.05) is 0 Å². The molecule has 1 amide bonds. The van der Waals surface area contributed by atoms with Gasteiger partial charge in [0.1, 0.15) is 5.54 Å². The van der Waals surface area contributed by atoms with Gasteiger partial charge in [0.05, 0.1) is 11.9 Å². The van der Waals surface area contributed by atoms with Crippen molar-refractivity contribution in [3.05, 3.63) is 0 Å². The standard InChI is InChI=1S/C6H7NO5.2Na/c8-3-1-2-6(7-3,4(9)10)5(11)12;;/h1-2H2,(H,7,8)(H,9,10)(H,11,12);;/q;2*+1/p-2. The van der Waals surface area contributed by atoms with E-state index in [9.17, 15) is 24.6 Å². The number of carboxylic acid groups (broad SMARTS) is 2. The van der Waals surface area contributed by atoms with Crippen LogP contribution in [0.2, 0.25) is 0 Å². The molecule has 14 heavy (non-hydrogen) atoms. The first kappa shape index (κ1) is 16.8. The van der Waals surface area contributed by atoms with Crippen LogP contribution in [0.3, 0.4) is 0 Å². The molecule has 1 aliphatic heterocycles. The van der Waals surface area contributed by atoms with Crippen molar-refractivity contribution >= 4 is 17.8 Å². The third kappa shape index (κ3) is 2.95. The molecule has 1 saturated heterocycles. The largest absolute Gasteiger partial charge is 1.00 e. The smallest absolute Gasteiger partial charge is 0.547 e. The van der Waals surface area contributed by atoms with Crippen molar-refractivity contribution in [3.63, 3.8) is 0 Å². The van der Waals surface area contributed by atoms with Gasteiger partial charge in [0.25, 0.3) is 0 Å². The molecule has 0 radical (unpaired) electrons. The van der Waals surface area contributed by atoms with E-state index in [0.717, 1.165) is 0 Å². The second-order valence-corrected chi connectivity index (χ2v) is 2.53. The molecule has 0 aromatic carbocycles. The average molecular weight is 217 g/mol. The van der Waals surface area contributed by atoms with E-state index < -0.39 is 23.4 Å². The van der Waals surface area contributed by atoms with E-state index in [1.165, 1.54) is 0 Å². The second kappa shape index (κ2) is 6.09. The van der Waals surface area contributed by atoms with Crippen molar-refractivity contribution in [1.82, 2.24) is 5.32 Å². The van der Waals surface area contributed by atoms with Crippen LogP contribution in [0.15, 0.2) is 0 Å². The molecule has 6 nitrogen and oxygen atoms in total. The molecule has 1 heterocycles. The van der Waals surface area contributed by atoms with Gasteiger partial charge in [-0.15, -0.1) is 0 Å². The minimum absolute atomic E-state index is 0. The summed E-state index contributed by atoms with van der Waals surface area (Å²) in [4.78, 5) is 31.3. The topological polar surface area (TPSA) is 109 Å². The number of carboxylic acids is 2. The first-order valence-electron chi connectivity index (χ1n) is 3.23. The van der Waals surface area contributed by atoms with Crippen LogP contribution in [0.4, 0.5) is 0 Å². The Hall–Kier alpha value is 0.410. The van der Waals surface area contributed by atoms with Crippen LogP contribution in [0.25, 0.3) is 0 Å². The molecule has 0 aliphatic carbocycles. The number of aliphatic carboxylic acids is 2. The molecule has 0 spiro atoms. The molecule has 1 rings (SSSR count). The molecular formula is C6H5NNa2O5. The van der Waals surface area contributed by atoms with Gasteiger partial charge in [-0.2, -0.15) is 0 Å². The Labute approximate surface area is 124 Å². The maximum Gasteiger partial charge on any atom is 1.00 e. The number of carbonyl (C=O) groups is 3. The van der Waals surface area contributed by atoms with E-state index >= 15 is 0 Å². The van der Waals surface area contributed by atoms with Crippen LogP contribution < -0.4 is 74.6 Å². The summed E-state index contributed by atoms with van der Waals surface area (Å²) in [5, 5.41) is 22.5. The Balaban J connectivity index is 0. The Kier molecular flexibility index (Phi) is 7.32. The van der Waals surface area contributed by atoms with Gasteiger partial charge in [0, 0.05) is 6.42 Å². The summed E-state index contributed by atoms with van der Waals surface area (Å²) >= 11 is 0. The molecule has 1 N–H and O–H groups in total. The summed E-state index contributed by atoms with van der Waals surface area (Å²) < 4.78 is 0. The van der Waals surface area contributed by atoms with E-state index in [4.69, 9.17) is 0 Å². The Morgan fingerprint density at radius 1 is 1.21 bits per heavy atom. The summed E-state index contributed by atoms with van der Waals surface area (Å²) in [5.41, 5.74) is -2.32. The Morgan fingerprint density at radius 3 is 1.79 bits per heavy atom. The summed E-state index contributed by atoms with van der Waals surface area (Å²) in [7, 11) is 0. The molecular weight excluding hydrogens is 212 g/mol. The fourth-order valence-electron chi connectivity index (χ4n) is 1.05. The van der Waals surface area contributed by atoms with Crippen molar-refractivity contribution in [2.24, 2.45) is 0 Å².